The molecule has 3 aromatic rings. The number of nitrogens with zero attached hydrogens (tertiary/aromatic N) is 2. The highest BCUT2D eigenvalue weighted by molar-refractivity contribution is 9.10. The standard InChI is InChI=1S/C15H14BrN3O3S/c1-7-4-11(21-3)12(23-7)15(20)22-8(2)13-18-10-5-9(16)6-17-14(10)19-13/h4-6,8H,1-3H3,(H,17,18,19)/t8-/m1/s1. The average Bonchev–Trinajstić information content (AvgIpc) is 3.09. The Hall–Kier alpha value is -1.93. The number of rotatable bonds is 4. The van der Waals surface area contributed by atoms with Crippen molar-refractivity contribution in [1.82, 2.24) is 15.0 Å². The Morgan fingerprint density at radius 3 is 2.96 bits per heavy atom. The summed E-state index contributed by atoms with van der Waals surface area (Å²) in [5, 5.41) is 0. The fourth-order valence-corrected chi connectivity index (χ4v) is 3.33. The molecule has 0 aliphatic carbocycles. The summed E-state index contributed by atoms with van der Waals surface area (Å²) in [6.07, 6.45) is 1.14. The number of aromatic amines is 1. The molecule has 0 amide bonds. The quantitative estimate of drug-likeness (QED) is 0.675. The molecule has 1 atom stereocenters. The van der Waals surface area contributed by atoms with Gasteiger partial charge in [-0.05, 0) is 41.9 Å². The van der Waals surface area contributed by atoms with Crippen LogP contribution in [0.4, 0.5) is 0 Å². The average molecular weight is 396 g/mol. The molecule has 23 heavy (non-hydrogen) atoms. The Labute approximate surface area is 145 Å². The Morgan fingerprint density at radius 1 is 1.43 bits per heavy atom. The van der Waals surface area contributed by atoms with Gasteiger partial charge in [0.25, 0.3) is 0 Å². The van der Waals surface area contributed by atoms with Crippen LogP contribution in [0.5, 0.6) is 5.75 Å². The van der Waals surface area contributed by atoms with Gasteiger partial charge in [-0.2, -0.15) is 0 Å². The second kappa shape index (κ2) is 6.29. The molecule has 0 fully saturated rings. The van der Waals surface area contributed by atoms with Gasteiger partial charge in [-0.1, -0.05) is 0 Å². The third-order valence-electron chi connectivity index (χ3n) is 3.22. The lowest BCUT2D eigenvalue weighted by molar-refractivity contribution is 0.0325. The van der Waals surface area contributed by atoms with Crippen molar-refractivity contribution >= 4 is 44.4 Å². The highest BCUT2D eigenvalue weighted by Crippen LogP contribution is 2.31. The van der Waals surface area contributed by atoms with E-state index in [0.717, 1.165) is 14.9 Å². The van der Waals surface area contributed by atoms with E-state index >= 15 is 0 Å². The first kappa shape index (κ1) is 15.9. The van der Waals surface area contributed by atoms with Crippen LogP contribution in [-0.2, 0) is 4.74 Å². The number of halogens is 1. The molecule has 0 unspecified atom stereocenters. The van der Waals surface area contributed by atoms with Gasteiger partial charge in [0, 0.05) is 15.5 Å². The molecule has 3 heterocycles. The minimum absolute atomic E-state index is 0.429. The molecule has 1 N–H and O–H groups in total. The van der Waals surface area contributed by atoms with Gasteiger partial charge in [-0.25, -0.2) is 14.8 Å². The van der Waals surface area contributed by atoms with Crippen molar-refractivity contribution in [3.8, 4) is 5.75 Å². The molecule has 0 saturated heterocycles. The molecule has 0 spiro atoms. The molecule has 0 aromatic carbocycles. The molecule has 6 nitrogen and oxygen atoms in total. The van der Waals surface area contributed by atoms with E-state index in [1.165, 1.54) is 18.4 Å². The zero-order valence-corrected chi connectivity index (χ0v) is 15.1. The lowest BCUT2D eigenvalue weighted by Gasteiger charge is -2.10. The monoisotopic (exact) mass is 395 g/mol. The third-order valence-corrected chi connectivity index (χ3v) is 4.66. The number of fused-ring (bicyclic) bond motifs is 1. The SMILES string of the molecule is COc1cc(C)sc1C(=O)O[C@H](C)c1nc2ncc(Br)cc2[nH]1. The van der Waals surface area contributed by atoms with Crippen LogP contribution >= 0.6 is 27.3 Å². The van der Waals surface area contributed by atoms with Crippen LogP contribution in [0.1, 0.15) is 33.4 Å². The number of ether oxygens (including phenoxy) is 2. The smallest absolute Gasteiger partial charge is 0.352 e. The van der Waals surface area contributed by atoms with Gasteiger partial charge in [-0.3, -0.25) is 0 Å². The Bertz CT molecular complexity index is 874. The van der Waals surface area contributed by atoms with E-state index in [1.54, 1.807) is 13.1 Å². The number of aryl methyl sites for hydroxylation is 1. The van der Waals surface area contributed by atoms with Crippen molar-refractivity contribution in [2.24, 2.45) is 0 Å². The number of imidazole rings is 1. The summed E-state index contributed by atoms with van der Waals surface area (Å²) in [6, 6.07) is 3.69. The minimum Gasteiger partial charge on any atom is -0.495 e. The van der Waals surface area contributed by atoms with Crippen LogP contribution in [0.3, 0.4) is 0 Å². The van der Waals surface area contributed by atoms with E-state index in [0.29, 0.717) is 22.1 Å². The second-order valence-corrected chi connectivity index (χ2v) is 7.12. The highest BCUT2D eigenvalue weighted by atomic mass is 79.9. The van der Waals surface area contributed by atoms with E-state index in [-0.39, 0.29) is 0 Å². The van der Waals surface area contributed by atoms with Crippen LogP contribution in [0.2, 0.25) is 0 Å². The number of pyridine rings is 1. The first-order chi connectivity index (χ1) is 11.0. The number of thiophene rings is 1. The normalized spacial score (nSPS) is 12.3. The summed E-state index contributed by atoms with van der Waals surface area (Å²) in [4.78, 5) is 25.5. The molecular weight excluding hydrogens is 382 g/mol. The van der Waals surface area contributed by atoms with Gasteiger partial charge in [0.05, 0.1) is 12.6 Å². The fourth-order valence-electron chi connectivity index (χ4n) is 2.14. The van der Waals surface area contributed by atoms with Crippen molar-refractivity contribution in [2.45, 2.75) is 20.0 Å². The van der Waals surface area contributed by atoms with Crippen LogP contribution in [-0.4, -0.2) is 28.0 Å². The molecule has 0 aliphatic rings. The number of nitrogens with one attached hydrogen (secondary N) is 1. The van der Waals surface area contributed by atoms with Gasteiger partial charge in [0.1, 0.15) is 11.6 Å². The molecule has 3 aromatic heterocycles. The molecule has 120 valence electrons. The summed E-state index contributed by atoms with van der Waals surface area (Å²) in [7, 11) is 1.53. The summed E-state index contributed by atoms with van der Waals surface area (Å²) < 4.78 is 11.6. The topological polar surface area (TPSA) is 77.1 Å². The summed E-state index contributed by atoms with van der Waals surface area (Å²) in [6.45, 7) is 3.67. The van der Waals surface area contributed by atoms with Crippen molar-refractivity contribution in [2.75, 3.05) is 7.11 Å². The maximum absolute atomic E-state index is 12.3. The second-order valence-electron chi connectivity index (χ2n) is 4.95. The first-order valence-electron chi connectivity index (χ1n) is 6.84. The zero-order chi connectivity index (χ0) is 16.6. The predicted octanol–water partition coefficient (Wildman–Crippen LogP) is 4.02. The van der Waals surface area contributed by atoms with Crippen molar-refractivity contribution in [1.29, 1.82) is 0 Å². The maximum atomic E-state index is 12.3. The molecular formula is C15H14BrN3O3S. The predicted molar refractivity (Wildman–Crippen MR) is 91.0 cm³/mol. The number of esters is 1. The molecule has 0 saturated carbocycles. The molecule has 0 aliphatic heterocycles. The summed E-state index contributed by atoms with van der Waals surface area (Å²) >= 11 is 4.70. The zero-order valence-electron chi connectivity index (χ0n) is 12.7. The highest BCUT2D eigenvalue weighted by Gasteiger charge is 2.22. The van der Waals surface area contributed by atoms with Crippen molar-refractivity contribution in [3.63, 3.8) is 0 Å². The van der Waals surface area contributed by atoms with Crippen LogP contribution in [0.15, 0.2) is 22.8 Å². The Kier molecular flexibility index (Phi) is 4.36. The Balaban J connectivity index is 1.82. The van der Waals surface area contributed by atoms with Crippen molar-refractivity contribution < 1.29 is 14.3 Å². The number of hydrogen-bond donors (Lipinski definition) is 1. The minimum atomic E-state index is -0.525. The number of carbonyl (C=O) groups is 1. The van der Waals surface area contributed by atoms with E-state index in [9.17, 15) is 4.79 Å². The van der Waals surface area contributed by atoms with Crippen molar-refractivity contribution in [3.05, 3.63) is 38.4 Å². The first-order valence-corrected chi connectivity index (χ1v) is 8.45. The van der Waals surface area contributed by atoms with Gasteiger partial charge in [-0.15, -0.1) is 11.3 Å². The van der Waals surface area contributed by atoms with Gasteiger partial charge >= 0.3 is 5.97 Å². The third kappa shape index (κ3) is 3.23. The van der Waals surface area contributed by atoms with Crippen LogP contribution in [0, 0.1) is 6.92 Å². The molecule has 8 heteroatoms. The van der Waals surface area contributed by atoms with E-state index in [1.807, 2.05) is 19.1 Å². The van der Waals surface area contributed by atoms with Gasteiger partial charge in [0.2, 0.25) is 0 Å². The number of methoxy groups -OCH3 is 1. The van der Waals surface area contributed by atoms with E-state index in [2.05, 4.69) is 30.9 Å². The summed E-state index contributed by atoms with van der Waals surface area (Å²) in [5.74, 6) is 0.646. The lowest BCUT2D eigenvalue weighted by Crippen LogP contribution is -2.10. The number of aromatic nitrogens is 3. The summed E-state index contributed by atoms with van der Waals surface area (Å²) in [5.41, 5.74) is 1.36. The molecule has 0 radical (unpaired) electrons. The van der Waals surface area contributed by atoms with Gasteiger partial charge < -0.3 is 14.5 Å². The van der Waals surface area contributed by atoms with E-state index in [4.69, 9.17) is 9.47 Å². The molecule has 0 bridgehead atoms. The van der Waals surface area contributed by atoms with Crippen LogP contribution < -0.4 is 4.74 Å². The van der Waals surface area contributed by atoms with Crippen LogP contribution in [0.25, 0.3) is 11.2 Å². The maximum Gasteiger partial charge on any atom is 0.352 e. The van der Waals surface area contributed by atoms with E-state index < -0.39 is 12.1 Å². The molecule has 3 rings (SSSR count). The number of hydrogen-bond acceptors (Lipinski definition) is 6. The van der Waals surface area contributed by atoms with Gasteiger partial charge in [0.15, 0.2) is 16.6 Å². The lowest BCUT2D eigenvalue weighted by atomic mass is 10.3. The largest absolute Gasteiger partial charge is 0.495 e. The Morgan fingerprint density at radius 2 is 2.22 bits per heavy atom. The fraction of sp³-hybridized carbons (Fsp3) is 0.267. The number of H-pyrrole nitrogens is 1. The number of carbonyl (C=O) groups excluding carboxylic acids is 1.